The molecule has 12 heavy (non-hydrogen) atoms. The molecular formula is C10H19ClO. The van der Waals surface area contributed by atoms with Crippen LogP contribution in [-0.4, -0.2) is 12.2 Å². The van der Waals surface area contributed by atoms with E-state index in [9.17, 15) is 0 Å². The Morgan fingerprint density at radius 3 is 2.83 bits per heavy atom. The fourth-order valence-electron chi connectivity index (χ4n) is 1.63. The lowest BCUT2D eigenvalue weighted by Crippen LogP contribution is -2.24. The van der Waals surface area contributed by atoms with Crippen LogP contribution in [0.2, 0.25) is 0 Å². The molecular weight excluding hydrogens is 172 g/mol. The minimum Gasteiger partial charge on any atom is -0.362 e. The first-order valence-corrected chi connectivity index (χ1v) is 5.39. The van der Waals surface area contributed by atoms with Gasteiger partial charge in [0.25, 0.3) is 0 Å². The molecule has 1 aliphatic rings. The van der Waals surface area contributed by atoms with Gasteiger partial charge in [0.15, 0.2) is 0 Å². The Balaban J connectivity index is 2.20. The average molecular weight is 191 g/mol. The highest BCUT2D eigenvalue weighted by molar-refractivity contribution is 6.19. The van der Waals surface area contributed by atoms with Gasteiger partial charge in [-0.05, 0) is 31.1 Å². The van der Waals surface area contributed by atoms with Crippen LogP contribution in [0.15, 0.2) is 0 Å². The van der Waals surface area contributed by atoms with Crippen molar-refractivity contribution in [3.05, 3.63) is 0 Å². The first-order chi connectivity index (χ1) is 5.70. The molecule has 0 amide bonds. The van der Waals surface area contributed by atoms with Crippen LogP contribution in [0.1, 0.15) is 39.5 Å². The number of hydrogen-bond donors (Lipinski definition) is 0. The maximum absolute atomic E-state index is 6.04. The van der Waals surface area contributed by atoms with Crippen molar-refractivity contribution >= 4 is 11.6 Å². The molecule has 2 unspecified atom stereocenters. The van der Waals surface area contributed by atoms with E-state index >= 15 is 0 Å². The van der Waals surface area contributed by atoms with Gasteiger partial charge in [0.2, 0.25) is 0 Å². The number of alkyl halides is 1. The molecule has 0 N–H and O–H groups in total. The highest BCUT2D eigenvalue weighted by Crippen LogP contribution is 2.28. The Kier molecular flexibility index (Phi) is 4.38. The van der Waals surface area contributed by atoms with Gasteiger partial charge in [-0.15, -0.1) is 0 Å². The zero-order valence-corrected chi connectivity index (χ0v) is 8.81. The Labute approximate surface area is 80.4 Å². The van der Waals surface area contributed by atoms with Crippen molar-refractivity contribution < 1.29 is 4.74 Å². The van der Waals surface area contributed by atoms with E-state index in [-0.39, 0.29) is 5.56 Å². The minimum atomic E-state index is -0.0162. The summed E-state index contributed by atoms with van der Waals surface area (Å²) in [7, 11) is 0. The molecule has 0 aliphatic carbocycles. The number of rotatable bonds is 3. The summed E-state index contributed by atoms with van der Waals surface area (Å²) in [6, 6.07) is 0. The molecule has 1 rings (SSSR count). The third kappa shape index (κ3) is 3.32. The SMILES string of the molecule is CC(C)CCC1CCCOC1Cl. The van der Waals surface area contributed by atoms with Crippen molar-refractivity contribution in [1.29, 1.82) is 0 Å². The number of ether oxygens (including phenoxy) is 1. The molecule has 0 saturated carbocycles. The maximum Gasteiger partial charge on any atom is 0.133 e. The smallest absolute Gasteiger partial charge is 0.133 e. The fraction of sp³-hybridized carbons (Fsp3) is 1.00. The van der Waals surface area contributed by atoms with E-state index in [1.54, 1.807) is 0 Å². The Morgan fingerprint density at radius 2 is 2.25 bits per heavy atom. The zero-order valence-electron chi connectivity index (χ0n) is 8.05. The first-order valence-electron chi connectivity index (χ1n) is 4.96. The lowest BCUT2D eigenvalue weighted by Gasteiger charge is -2.27. The van der Waals surface area contributed by atoms with Gasteiger partial charge in [0, 0.05) is 6.61 Å². The summed E-state index contributed by atoms with van der Waals surface area (Å²) in [5, 5.41) is 0. The average Bonchev–Trinajstić information content (AvgIpc) is 2.03. The molecule has 72 valence electrons. The van der Waals surface area contributed by atoms with Gasteiger partial charge in [-0.25, -0.2) is 0 Å². The quantitative estimate of drug-likeness (QED) is 0.620. The van der Waals surface area contributed by atoms with Crippen LogP contribution in [-0.2, 0) is 4.74 Å². The van der Waals surface area contributed by atoms with Crippen molar-refractivity contribution in [3.8, 4) is 0 Å². The van der Waals surface area contributed by atoms with Crippen molar-refractivity contribution in [1.82, 2.24) is 0 Å². The second-order valence-electron chi connectivity index (χ2n) is 4.10. The van der Waals surface area contributed by atoms with Crippen LogP contribution in [0.4, 0.5) is 0 Å². The van der Waals surface area contributed by atoms with Crippen molar-refractivity contribution in [3.63, 3.8) is 0 Å². The van der Waals surface area contributed by atoms with Crippen LogP contribution >= 0.6 is 11.6 Å². The number of hydrogen-bond acceptors (Lipinski definition) is 1. The van der Waals surface area contributed by atoms with E-state index in [2.05, 4.69) is 13.8 Å². The molecule has 1 heterocycles. The lowest BCUT2D eigenvalue weighted by molar-refractivity contribution is 0.0204. The van der Waals surface area contributed by atoms with Crippen LogP contribution in [0, 0.1) is 11.8 Å². The van der Waals surface area contributed by atoms with Crippen LogP contribution in [0.25, 0.3) is 0 Å². The summed E-state index contributed by atoms with van der Waals surface area (Å²) in [4.78, 5) is 0. The standard InChI is InChI=1S/C10H19ClO/c1-8(2)5-6-9-4-3-7-12-10(9)11/h8-10H,3-7H2,1-2H3. The predicted octanol–water partition coefficient (Wildman–Crippen LogP) is 3.41. The van der Waals surface area contributed by atoms with E-state index < -0.39 is 0 Å². The van der Waals surface area contributed by atoms with E-state index in [1.807, 2.05) is 0 Å². The molecule has 0 aromatic carbocycles. The van der Waals surface area contributed by atoms with Crippen LogP contribution in [0.5, 0.6) is 0 Å². The normalized spacial score (nSPS) is 31.0. The van der Waals surface area contributed by atoms with Gasteiger partial charge < -0.3 is 4.74 Å². The lowest BCUT2D eigenvalue weighted by atomic mass is 9.93. The van der Waals surface area contributed by atoms with Gasteiger partial charge in [-0.3, -0.25) is 0 Å². The van der Waals surface area contributed by atoms with Gasteiger partial charge >= 0.3 is 0 Å². The summed E-state index contributed by atoms with van der Waals surface area (Å²) in [5.41, 5.74) is -0.0162. The van der Waals surface area contributed by atoms with E-state index in [4.69, 9.17) is 16.3 Å². The van der Waals surface area contributed by atoms with Crippen molar-refractivity contribution in [2.45, 2.75) is 45.1 Å². The van der Waals surface area contributed by atoms with Gasteiger partial charge in [0.1, 0.15) is 5.56 Å². The molecule has 0 aromatic heterocycles. The monoisotopic (exact) mass is 190 g/mol. The fourth-order valence-corrected chi connectivity index (χ4v) is 1.97. The van der Waals surface area contributed by atoms with Gasteiger partial charge in [0.05, 0.1) is 0 Å². The summed E-state index contributed by atoms with van der Waals surface area (Å²) < 4.78 is 5.39. The second-order valence-corrected chi connectivity index (χ2v) is 4.53. The third-order valence-corrected chi connectivity index (χ3v) is 2.96. The predicted molar refractivity (Wildman–Crippen MR) is 52.4 cm³/mol. The zero-order chi connectivity index (χ0) is 8.97. The Hall–Kier alpha value is 0.250. The topological polar surface area (TPSA) is 9.23 Å². The Bertz CT molecular complexity index is 125. The molecule has 1 aliphatic heterocycles. The Morgan fingerprint density at radius 1 is 1.50 bits per heavy atom. The molecule has 0 spiro atoms. The molecule has 1 nitrogen and oxygen atoms in total. The third-order valence-electron chi connectivity index (χ3n) is 2.48. The van der Waals surface area contributed by atoms with E-state index in [0.717, 1.165) is 12.5 Å². The molecule has 2 heteroatoms. The molecule has 0 radical (unpaired) electrons. The molecule has 1 fully saturated rings. The van der Waals surface area contributed by atoms with Gasteiger partial charge in [-0.2, -0.15) is 0 Å². The highest BCUT2D eigenvalue weighted by atomic mass is 35.5. The largest absolute Gasteiger partial charge is 0.362 e. The summed E-state index contributed by atoms with van der Waals surface area (Å²) >= 11 is 6.04. The van der Waals surface area contributed by atoms with Crippen molar-refractivity contribution in [2.75, 3.05) is 6.61 Å². The van der Waals surface area contributed by atoms with Crippen LogP contribution in [0.3, 0.4) is 0 Å². The summed E-state index contributed by atoms with van der Waals surface area (Å²) in [6.07, 6.45) is 4.94. The summed E-state index contributed by atoms with van der Waals surface area (Å²) in [5.74, 6) is 1.39. The molecule has 2 atom stereocenters. The molecule has 1 saturated heterocycles. The maximum atomic E-state index is 6.04. The first kappa shape index (κ1) is 10.3. The second kappa shape index (κ2) is 5.08. The van der Waals surface area contributed by atoms with Gasteiger partial charge in [-0.1, -0.05) is 31.9 Å². The number of halogens is 1. The molecule has 0 aromatic rings. The minimum absolute atomic E-state index is 0.0162. The van der Waals surface area contributed by atoms with Crippen molar-refractivity contribution in [2.24, 2.45) is 11.8 Å². The summed E-state index contributed by atoms with van der Waals surface area (Å²) in [6.45, 7) is 5.37. The molecule has 0 bridgehead atoms. The van der Waals surface area contributed by atoms with Crippen LogP contribution < -0.4 is 0 Å². The van der Waals surface area contributed by atoms with E-state index in [0.29, 0.717) is 5.92 Å². The highest BCUT2D eigenvalue weighted by Gasteiger charge is 2.23. The van der Waals surface area contributed by atoms with E-state index in [1.165, 1.54) is 25.7 Å².